The summed E-state index contributed by atoms with van der Waals surface area (Å²) in [7, 11) is 0. The summed E-state index contributed by atoms with van der Waals surface area (Å²) in [4.78, 5) is 26.5. The van der Waals surface area contributed by atoms with Crippen LogP contribution >= 0.6 is 0 Å². The highest BCUT2D eigenvalue weighted by Gasteiger charge is 2.31. The van der Waals surface area contributed by atoms with E-state index < -0.39 is 6.10 Å². The van der Waals surface area contributed by atoms with Gasteiger partial charge in [0.15, 0.2) is 6.10 Å². The zero-order valence-corrected chi connectivity index (χ0v) is 15.4. The topological polar surface area (TPSA) is 58.6 Å². The molecule has 0 radical (unpaired) electrons. The molecule has 0 spiro atoms. The molecule has 26 heavy (non-hydrogen) atoms. The molecule has 0 bridgehead atoms. The van der Waals surface area contributed by atoms with Crippen LogP contribution in [-0.2, 0) is 16.1 Å². The molecule has 5 heteroatoms. The molecular formula is C21H24N2O3. The number of amides is 2. The van der Waals surface area contributed by atoms with Crippen molar-refractivity contribution < 1.29 is 14.3 Å². The van der Waals surface area contributed by atoms with Crippen molar-refractivity contribution in [3.8, 4) is 5.75 Å². The molecule has 2 amide bonds. The maximum atomic E-state index is 12.7. The number of carbonyl (C=O) groups is 2. The normalized spacial score (nSPS) is 16.2. The van der Waals surface area contributed by atoms with Gasteiger partial charge >= 0.3 is 0 Å². The average Bonchev–Trinajstić information content (AvgIpc) is 2.59. The average molecular weight is 352 g/mol. The van der Waals surface area contributed by atoms with E-state index in [9.17, 15) is 9.59 Å². The molecule has 1 atom stereocenters. The predicted octanol–water partition coefficient (Wildman–Crippen LogP) is 3.99. The molecule has 0 saturated heterocycles. The number of rotatable bonds is 5. The van der Waals surface area contributed by atoms with Gasteiger partial charge in [-0.25, -0.2) is 0 Å². The standard InChI is InChI=1S/C21H24N2O3/c1-14(2)11-20(24)22-17-9-10-19-18(12-17)23(21(25)15(3)26-19)13-16-7-5-4-6-8-16/h4-10,12,14-15H,11,13H2,1-3H3,(H,22,24). The maximum Gasteiger partial charge on any atom is 0.268 e. The second-order valence-electron chi connectivity index (χ2n) is 7.00. The molecule has 136 valence electrons. The highest BCUT2D eigenvalue weighted by molar-refractivity contribution is 6.01. The Hall–Kier alpha value is -2.82. The van der Waals surface area contributed by atoms with Gasteiger partial charge in [-0.3, -0.25) is 9.59 Å². The lowest BCUT2D eigenvalue weighted by Crippen LogP contribution is -2.44. The van der Waals surface area contributed by atoms with E-state index in [2.05, 4.69) is 5.32 Å². The Morgan fingerprint density at radius 2 is 1.92 bits per heavy atom. The molecule has 2 aromatic rings. The summed E-state index contributed by atoms with van der Waals surface area (Å²) in [5.41, 5.74) is 2.38. The second-order valence-corrected chi connectivity index (χ2v) is 7.00. The van der Waals surface area contributed by atoms with E-state index in [0.717, 1.165) is 5.56 Å². The zero-order chi connectivity index (χ0) is 18.7. The third-order valence-electron chi connectivity index (χ3n) is 4.23. The van der Waals surface area contributed by atoms with Gasteiger partial charge in [0.2, 0.25) is 5.91 Å². The lowest BCUT2D eigenvalue weighted by Gasteiger charge is -2.33. The Morgan fingerprint density at radius 1 is 1.19 bits per heavy atom. The van der Waals surface area contributed by atoms with Gasteiger partial charge in [0.05, 0.1) is 12.2 Å². The fourth-order valence-corrected chi connectivity index (χ4v) is 3.00. The molecule has 1 unspecified atom stereocenters. The Kier molecular flexibility index (Phi) is 5.26. The van der Waals surface area contributed by atoms with Gasteiger partial charge in [0, 0.05) is 12.1 Å². The minimum absolute atomic E-state index is 0.0361. The van der Waals surface area contributed by atoms with Crippen LogP contribution in [0.5, 0.6) is 5.75 Å². The lowest BCUT2D eigenvalue weighted by molar-refractivity contribution is -0.125. The first kappa shape index (κ1) is 18.0. The smallest absolute Gasteiger partial charge is 0.268 e. The molecular weight excluding hydrogens is 328 g/mol. The van der Waals surface area contributed by atoms with Crippen LogP contribution < -0.4 is 15.0 Å². The van der Waals surface area contributed by atoms with Crippen molar-refractivity contribution in [1.29, 1.82) is 0 Å². The molecule has 1 aliphatic heterocycles. The fraction of sp³-hybridized carbons (Fsp3) is 0.333. The van der Waals surface area contributed by atoms with Crippen molar-refractivity contribution in [3.05, 3.63) is 54.1 Å². The van der Waals surface area contributed by atoms with E-state index in [-0.39, 0.29) is 17.7 Å². The first-order valence-corrected chi connectivity index (χ1v) is 8.90. The summed E-state index contributed by atoms with van der Waals surface area (Å²) in [5.74, 6) is 0.806. The molecule has 0 saturated carbocycles. The monoisotopic (exact) mass is 352 g/mol. The predicted molar refractivity (Wildman–Crippen MR) is 102 cm³/mol. The number of hydrogen-bond donors (Lipinski definition) is 1. The van der Waals surface area contributed by atoms with Gasteiger partial charge in [-0.1, -0.05) is 44.2 Å². The third kappa shape index (κ3) is 4.04. The molecule has 0 fully saturated rings. The molecule has 1 aliphatic rings. The Bertz CT molecular complexity index is 802. The highest BCUT2D eigenvalue weighted by Crippen LogP contribution is 2.37. The summed E-state index contributed by atoms with van der Waals surface area (Å²) in [6.07, 6.45) is -0.0790. The van der Waals surface area contributed by atoms with E-state index in [4.69, 9.17) is 4.74 Å². The van der Waals surface area contributed by atoms with E-state index in [0.29, 0.717) is 30.1 Å². The van der Waals surface area contributed by atoms with Crippen molar-refractivity contribution in [2.75, 3.05) is 10.2 Å². The van der Waals surface area contributed by atoms with Crippen LogP contribution in [0.1, 0.15) is 32.8 Å². The van der Waals surface area contributed by atoms with Crippen LogP contribution in [0.3, 0.4) is 0 Å². The van der Waals surface area contributed by atoms with Crippen LogP contribution in [0.2, 0.25) is 0 Å². The van der Waals surface area contributed by atoms with Gasteiger partial charge in [0.25, 0.3) is 5.91 Å². The number of anilines is 2. The zero-order valence-electron chi connectivity index (χ0n) is 15.4. The number of nitrogens with one attached hydrogen (secondary N) is 1. The minimum atomic E-state index is -0.535. The van der Waals surface area contributed by atoms with Crippen molar-refractivity contribution in [2.45, 2.75) is 39.8 Å². The SMILES string of the molecule is CC(C)CC(=O)Nc1ccc2c(c1)N(Cc1ccccc1)C(=O)C(C)O2. The lowest BCUT2D eigenvalue weighted by atomic mass is 10.1. The summed E-state index contributed by atoms with van der Waals surface area (Å²) >= 11 is 0. The molecule has 0 aliphatic carbocycles. The van der Waals surface area contributed by atoms with Gasteiger partial charge in [0.1, 0.15) is 5.75 Å². The number of fused-ring (bicyclic) bond motifs is 1. The third-order valence-corrected chi connectivity index (χ3v) is 4.23. The number of carbonyl (C=O) groups excluding carboxylic acids is 2. The van der Waals surface area contributed by atoms with Crippen LogP contribution in [0.15, 0.2) is 48.5 Å². The van der Waals surface area contributed by atoms with Crippen LogP contribution in [0.25, 0.3) is 0 Å². The molecule has 3 rings (SSSR count). The number of benzene rings is 2. The molecule has 1 heterocycles. The first-order chi connectivity index (χ1) is 12.4. The largest absolute Gasteiger partial charge is 0.479 e. The van der Waals surface area contributed by atoms with E-state index in [1.807, 2.05) is 44.2 Å². The fourth-order valence-electron chi connectivity index (χ4n) is 3.00. The molecule has 0 aromatic heterocycles. The van der Waals surface area contributed by atoms with Crippen molar-refractivity contribution in [3.63, 3.8) is 0 Å². The molecule has 2 aromatic carbocycles. The van der Waals surface area contributed by atoms with Crippen LogP contribution in [0, 0.1) is 5.92 Å². The minimum Gasteiger partial charge on any atom is -0.479 e. The van der Waals surface area contributed by atoms with E-state index in [1.165, 1.54) is 0 Å². The second kappa shape index (κ2) is 7.60. The summed E-state index contributed by atoms with van der Waals surface area (Å²) < 4.78 is 5.73. The highest BCUT2D eigenvalue weighted by atomic mass is 16.5. The van der Waals surface area contributed by atoms with Crippen LogP contribution in [0.4, 0.5) is 11.4 Å². The summed E-state index contributed by atoms with van der Waals surface area (Å²) in [5, 5.41) is 2.90. The van der Waals surface area contributed by atoms with E-state index >= 15 is 0 Å². The Labute approximate surface area is 154 Å². The quantitative estimate of drug-likeness (QED) is 0.885. The first-order valence-electron chi connectivity index (χ1n) is 8.90. The van der Waals surface area contributed by atoms with Gasteiger partial charge in [-0.15, -0.1) is 0 Å². The van der Waals surface area contributed by atoms with Gasteiger partial charge < -0.3 is 15.0 Å². The Balaban J connectivity index is 1.88. The number of hydrogen-bond acceptors (Lipinski definition) is 3. The molecule has 1 N–H and O–H groups in total. The Morgan fingerprint density at radius 3 is 2.62 bits per heavy atom. The van der Waals surface area contributed by atoms with Gasteiger partial charge in [-0.05, 0) is 36.6 Å². The molecule has 5 nitrogen and oxygen atoms in total. The maximum absolute atomic E-state index is 12.7. The number of ether oxygens (including phenoxy) is 1. The van der Waals surface area contributed by atoms with E-state index in [1.54, 1.807) is 30.0 Å². The van der Waals surface area contributed by atoms with Crippen molar-refractivity contribution in [2.24, 2.45) is 5.92 Å². The number of nitrogens with zero attached hydrogens (tertiary/aromatic N) is 1. The summed E-state index contributed by atoms with van der Waals surface area (Å²) in [6, 6.07) is 15.2. The summed E-state index contributed by atoms with van der Waals surface area (Å²) in [6.45, 7) is 6.22. The van der Waals surface area contributed by atoms with Crippen molar-refractivity contribution in [1.82, 2.24) is 0 Å². The van der Waals surface area contributed by atoms with Gasteiger partial charge in [-0.2, -0.15) is 0 Å². The van der Waals surface area contributed by atoms with Crippen LogP contribution in [-0.4, -0.2) is 17.9 Å². The van der Waals surface area contributed by atoms with Crippen molar-refractivity contribution >= 4 is 23.2 Å².